The van der Waals surface area contributed by atoms with Crippen LogP contribution < -0.4 is 27.4 Å². The molecule has 0 spiro atoms. The number of primary amides is 1. The smallest absolute Gasteiger partial charge is 0.326 e. The van der Waals surface area contributed by atoms with Crippen LogP contribution in [-0.4, -0.2) is 75.2 Å². The summed E-state index contributed by atoms with van der Waals surface area (Å²) in [5.74, 6) is -4.52. The first kappa shape index (κ1) is 31.7. The molecule has 10 N–H and O–H groups in total. The fourth-order valence-corrected chi connectivity index (χ4v) is 3.76. The summed E-state index contributed by atoms with van der Waals surface area (Å²) in [7, 11) is 0. The van der Waals surface area contributed by atoms with Crippen molar-refractivity contribution in [1.82, 2.24) is 16.0 Å². The van der Waals surface area contributed by atoms with Gasteiger partial charge < -0.3 is 42.7 Å². The number of aliphatic hydroxyl groups is 1. The molecule has 0 saturated carbocycles. The Morgan fingerprint density at radius 3 is 1.90 bits per heavy atom. The average molecular weight is 558 g/mol. The SMILES string of the molecule is CC(O)C(NC(=O)C(Cc1ccccc1)NC(=O)C(N)CCC(N)=O)C(=O)NC(Cc1ccc(O)cc1)C(=O)O. The molecule has 0 aliphatic heterocycles. The topological polar surface area (TPSA) is 234 Å². The van der Waals surface area contributed by atoms with Gasteiger partial charge in [0.2, 0.25) is 23.6 Å². The molecule has 0 saturated heterocycles. The molecule has 0 aliphatic carbocycles. The standard InChI is InChI=1S/C27H35N5O8/c1-15(33)23(26(38)31-21(27(39)40)14-17-7-9-18(34)10-8-17)32-25(37)20(13-16-5-3-2-4-6-16)30-24(36)19(28)11-12-22(29)35/h2-10,15,19-21,23,33-34H,11-14,28H2,1H3,(H2,29,35)(H,30,36)(H,31,38)(H,32,37)(H,39,40). The molecular formula is C27H35N5O8. The van der Waals surface area contributed by atoms with E-state index in [1.165, 1.54) is 31.2 Å². The summed E-state index contributed by atoms with van der Waals surface area (Å²) in [6.45, 7) is 1.24. The Balaban J connectivity index is 2.18. The van der Waals surface area contributed by atoms with Crippen LogP contribution in [0.5, 0.6) is 5.75 Å². The molecule has 2 aromatic rings. The van der Waals surface area contributed by atoms with Gasteiger partial charge in [-0.15, -0.1) is 0 Å². The van der Waals surface area contributed by atoms with Crippen LogP contribution in [-0.2, 0) is 36.8 Å². The number of carboxylic acid groups (broad SMARTS) is 1. The maximum absolute atomic E-state index is 13.3. The van der Waals surface area contributed by atoms with Crippen LogP contribution in [0.25, 0.3) is 0 Å². The molecule has 2 rings (SSSR count). The number of nitrogens with one attached hydrogen (secondary N) is 3. The van der Waals surface area contributed by atoms with Crippen molar-refractivity contribution in [3.63, 3.8) is 0 Å². The van der Waals surface area contributed by atoms with E-state index < -0.39 is 59.9 Å². The highest BCUT2D eigenvalue weighted by atomic mass is 16.4. The number of phenolic OH excluding ortho intramolecular Hbond substituents is 1. The molecule has 216 valence electrons. The number of nitrogens with two attached hydrogens (primary N) is 2. The first-order valence-electron chi connectivity index (χ1n) is 12.5. The van der Waals surface area contributed by atoms with Crippen LogP contribution in [0.15, 0.2) is 54.6 Å². The van der Waals surface area contributed by atoms with Gasteiger partial charge in [-0.2, -0.15) is 0 Å². The van der Waals surface area contributed by atoms with Crippen molar-refractivity contribution < 1.29 is 39.3 Å². The zero-order valence-electron chi connectivity index (χ0n) is 21.9. The third-order valence-electron chi connectivity index (χ3n) is 6.01. The summed E-state index contributed by atoms with van der Waals surface area (Å²) >= 11 is 0. The number of aliphatic carboxylic acids is 1. The fourth-order valence-electron chi connectivity index (χ4n) is 3.76. The molecule has 13 heteroatoms. The van der Waals surface area contributed by atoms with Gasteiger partial charge in [-0.05, 0) is 36.6 Å². The first-order chi connectivity index (χ1) is 18.9. The normalized spacial score (nSPS) is 14.6. The van der Waals surface area contributed by atoms with E-state index in [1.54, 1.807) is 30.3 Å². The Morgan fingerprint density at radius 2 is 1.35 bits per heavy atom. The zero-order valence-corrected chi connectivity index (χ0v) is 21.9. The quantitative estimate of drug-likeness (QED) is 0.130. The minimum Gasteiger partial charge on any atom is -0.508 e. The Labute approximate surface area is 230 Å². The fraction of sp³-hybridized carbons (Fsp3) is 0.370. The van der Waals surface area contributed by atoms with Gasteiger partial charge in [-0.1, -0.05) is 42.5 Å². The van der Waals surface area contributed by atoms with Crippen LogP contribution in [0.3, 0.4) is 0 Å². The lowest BCUT2D eigenvalue weighted by molar-refractivity contribution is -0.143. The van der Waals surface area contributed by atoms with Crippen molar-refractivity contribution in [2.24, 2.45) is 11.5 Å². The lowest BCUT2D eigenvalue weighted by Crippen LogP contribution is -2.60. The van der Waals surface area contributed by atoms with Crippen molar-refractivity contribution in [2.45, 2.75) is 62.9 Å². The molecule has 13 nitrogen and oxygen atoms in total. The van der Waals surface area contributed by atoms with Crippen LogP contribution in [0, 0.1) is 0 Å². The van der Waals surface area contributed by atoms with E-state index >= 15 is 0 Å². The third kappa shape index (κ3) is 10.3. The summed E-state index contributed by atoms with van der Waals surface area (Å²) in [5, 5.41) is 36.5. The number of phenols is 1. The lowest BCUT2D eigenvalue weighted by Gasteiger charge is -2.26. The number of amides is 4. The monoisotopic (exact) mass is 557 g/mol. The molecule has 0 bridgehead atoms. The predicted molar refractivity (Wildman–Crippen MR) is 143 cm³/mol. The second kappa shape index (κ2) is 15.2. The minimum absolute atomic E-state index is 0.00764. The molecule has 5 unspecified atom stereocenters. The van der Waals surface area contributed by atoms with E-state index in [2.05, 4.69) is 16.0 Å². The molecule has 0 fully saturated rings. The third-order valence-corrected chi connectivity index (χ3v) is 6.01. The van der Waals surface area contributed by atoms with Crippen LogP contribution in [0.2, 0.25) is 0 Å². The first-order valence-corrected chi connectivity index (χ1v) is 12.5. The van der Waals surface area contributed by atoms with E-state index in [0.717, 1.165) is 0 Å². The number of aromatic hydroxyl groups is 1. The maximum atomic E-state index is 13.3. The molecule has 0 radical (unpaired) electrons. The molecule has 4 amide bonds. The highest BCUT2D eigenvalue weighted by Gasteiger charge is 2.33. The van der Waals surface area contributed by atoms with Gasteiger partial charge in [0.1, 0.15) is 23.9 Å². The van der Waals surface area contributed by atoms with Crippen molar-refractivity contribution >= 4 is 29.6 Å². The van der Waals surface area contributed by atoms with Gasteiger partial charge in [-0.25, -0.2) is 4.79 Å². The largest absolute Gasteiger partial charge is 0.508 e. The van der Waals surface area contributed by atoms with E-state index in [-0.39, 0.29) is 31.4 Å². The van der Waals surface area contributed by atoms with Crippen molar-refractivity contribution in [3.8, 4) is 5.75 Å². The second-order valence-corrected chi connectivity index (χ2v) is 9.36. The van der Waals surface area contributed by atoms with Crippen LogP contribution in [0.1, 0.15) is 30.9 Å². The van der Waals surface area contributed by atoms with E-state index in [9.17, 15) is 39.3 Å². The van der Waals surface area contributed by atoms with Gasteiger partial charge in [0.25, 0.3) is 0 Å². The molecule has 0 aliphatic rings. The summed E-state index contributed by atoms with van der Waals surface area (Å²) in [5.41, 5.74) is 12.1. The highest BCUT2D eigenvalue weighted by Crippen LogP contribution is 2.12. The van der Waals surface area contributed by atoms with Crippen molar-refractivity contribution in [1.29, 1.82) is 0 Å². The predicted octanol–water partition coefficient (Wildman–Crippen LogP) is -1.31. The molecule has 0 aromatic heterocycles. The highest BCUT2D eigenvalue weighted by molar-refractivity contribution is 5.94. The number of carbonyl (C=O) groups is 5. The zero-order chi connectivity index (χ0) is 29.8. The molecule has 0 heterocycles. The molecule has 2 aromatic carbocycles. The van der Waals surface area contributed by atoms with Gasteiger partial charge in [-0.3, -0.25) is 19.2 Å². The number of hydrogen-bond donors (Lipinski definition) is 8. The van der Waals surface area contributed by atoms with E-state index in [4.69, 9.17) is 11.5 Å². The summed E-state index contributed by atoms with van der Waals surface area (Å²) in [6, 6.07) is 9.08. The second-order valence-electron chi connectivity index (χ2n) is 9.36. The number of rotatable bonds is 15. The van der Waals surface area contributed by atoms with Crippen molar-refractivity contribution in [3.05, 3.63) is 65.7 Å². The van der Waals surface area contributed by atoms with Gasteiger partial charge in [0.15, 0.2) is 0 Å². The number of carbonyl (C=O) groups excluding carboxylic acids is 4. The lowest BCUT2D eigenvalue weighted by atomic mass is 10.0. The number of aliphatic hydroxyl groups excluding tert-OH is 1. The van der Waals surface area contributed by atoms with Crippen molar-refractivity contribution in [2.75, 3.05) is 0 Å². The summed E-state index contributed by atoms with van der Waals surface area (Å²) in [6.07, 6.45) is -1.73. The Kier molecular flexibility index (Phi) is 12.0. The Bertz CT molecular complexity index is 1170. The van der Waals surface area contributed by atoms with Gasteiger partial charge >= 0.3 is 5.97 Å². The molecule has 40 heavy (non-hydrogen) atoms. The minimum atomic E-state index is -1.56. The molecule has 5 atom stereocenters. The van der Waals surface area contributed by atoms with Gasteiger partial charge in [0, 0.05) is 19.3 Å². The maximum Gasteiger partial charge on any atom is 0.326 e. The number of hydrogen-bond acceptors (Lipinski definition) is 8. The number of benzene rings is 2. The van der Waals surface area contributed by atoms with E-state index in [0.29, 0.717) is 11.1 Å². The Hall–Kier alpha value is -4.49. The average Bonchev–Trinajstić information content (AvgIpc) is 2.90. The van der Waals surface area contributed by atoms with E-state index in [1.807, 2.05) is 0 Å². The summed E-state index contributed by atoms with van der Waals surface area (Å²) in [4.78, 5) is 61.8. The van der Waals surface area contributed by atoms with Crippen LogP contribution in [0.4, 0.5) is 0 Å². The molecular weight excluding hydrogens is 522 g/mol. The number of carboxylic acids is 1. The van der Waals surface area contributed by atoms with Crippen LogP contribution >= 0.6 is 0 Å². The Morgan fingerprint density at radius 1 is 0.800 bits per heavy atom. The van der Waals surface area contributed by atoms with Gasteiger partial charge in [0.05, 0.1) is 12.1 Å². The summed E-state index contributed by atoms with van der Waals surface area (Å²) < 4.78 is 0.